The number of nitrogens with one attached hydrogen (secondary N) is 1. The first-order chi connectivity index (χ1) is 13.4. The number of aryl methyl sites for hydroxylation is 1. The first-order valence-electron chi connectivity index (χ1n) is 8.89. The summed E-state index contributed by atoms with van der Waals surface area (Å²) in [6.07, 6.45) is 1.63. The first-order valence-corrected chi connectivity index (χ1v) is 8.89. The minimum Gasteiger partial charge on any atom is -0.459 e. The molecule has 0 fully saturated rings. The van der Waals surface area contributed by atoms with Crippen molar-refractivity contribution < 1.29 is 14.3 Å². The van der Waals surface area contributed by atoms with Gasteiger partial charge in [0.2, 0.25) is 5.91 Å². The van der Waals surface area contributed by atoms with Crippen LogP contribution in [0.15, 0.2) is 59.5 Å². The van der Waals surface area contributed by atoms with Crippen LogP contribution in [0.2, 0.25) is 0 Å². The van der Waals surface area contributed by atoms with E-state index in [4.69, 9.17) is 4.74 Å². The number of fused-ring (bicyclic) bond motifs is 1. The van der Waals surface area contributed by atoms with Crippen LogP contribution in [0, 0.1) is 6.92 Å². The van der Waals surface area contributed by atoms with Gasteiger partial charge in [-0.25, -0.2) is 4.98 Å². The molecule has 0 unspecified atom stereocenters. The number of rotatable bonds is 6. The predicted octanol–water partition coefficient (Wildman–Crippen LogP) is 2.31. The van der Waals surface area contributed by atoms with E-state index in [0.29, 0.717) is 11.3 Å². The molecule has 1 amide bonds. The summed E-state index contributed by atoms with van der Waals surface area (Å²) >= 11 is 0. The van der Waals surface area contributed by atoms with Gasteiger partial charge in [0.05, 0.1) is 18.2 Å². The van der Waals surface area contributed by atoms with Crippen molar-refractivity contribution in [1.82, 2.24) is 14.7 Å². The molecule has 0 aliphatic carbocycles. The standard InChI is InChI=1S/C21H21N3O4/c1-14-7-6-10-24-19(26)11-17(23-21(14)24)13-28-20(27)12-18(22-15(2)25)16-8-4-3-5-9-16/h3-11,18H,12-13H2,1-2H3,(H,22,25)/t18-/m1/s1. The Morgan fingerprint density at radius 1 is 1.18 bits per heavy atom. The summed E-state index contributed by atoms with van der Waals surface area (Å²) in [6.45, 7) is 3.14. The minimum atomic E-state index is -0.491. The average molecular weight is 379 g/mol. The van der Waals surface area contributed by atoms with Crippen molar-refractivity contribution in [2.75, 3.05) is 0 Å². The summed E-state index contributed by atoms with van der Waals surface area (Å²) in [5.41, 5.74) is 2.33. The lowest BCUT2D eigenvalue weighted by Gasteiger charge is -2.17. The van der Waals surface area contributed by atoms with Gasteiger partial charge in [-0.05, 0) is 24.1 Å². The highest BCUT2D eigenvalue weighted by atomic mass is 16.5. The summed E-state index contributed by atoms with van der Waals surface area (Å²) in [5, 5.41) is 2.76. The van der Waals surface area contributed by atoms with Gasteiger partial charge in [-0.3, -0.25) is 18.8 Å². The fourth-order valence-corrected chi connectivity index (χ4v) is 2.95. The molecule has 0 aliphatic rings. The number of benzene rings is 1. The zero-order valence-corrected chi connectivity index (χ0v) is 15.7. The molecular formula is C21H21N3O4. The molecule has 0 saturated carbocycles. The Hall–Kier alpha value is -3.48. The van der Waals surface area contributed by atoms with Gasteiger partial charge in [0, 0.05) is 19.2 Å². The van der Waals surface area contributed by atoms with Crippen molar-refractivity contribution in [3.8, 4) is 0 Å². The fourth-order valence-electron chi connectivity index (χ4n) is 2.95. The zero-order chi connectivity index (χ0) is 20.1. The third-order valence-corrected chi connectivity index (χ3v) is 4.27. The fraction of sp³-hybridized carbons (Fsp3) is 0.238. The van der Waals surface area contributed by atoms with Crippen LogP contribution in [-0.2, 0) is 20.9 Å². The van der Waals surface area contributed by atoms with E-state index < -0.39 is 12.0 Å². The topological polar surface area (TPSA) is 89.8 Å². The molecule has 7 heteroatoms. The van der Waals surface area contributed by atoms with Crippen LogP contribution >= 0.6 is 0 Å². The van der Waals surface area contributed by atoms with E-state index in [2.05, 4.69) is 10.3 Å². The molecule has 1 N–H and O–H groups in total. The second-order valence-corrected chi connectivity index (χ2v) is 6.50. The molecule has 0 radical (unpaired) electrons. The summed E-state index contributed by atoms with van der Waals surface area (Å²) < 4.78 is 6.75. The Labute approximate surface area is 162 Å². The van der Waals surface area contributed by atoms with Gasteiger partial charge in [0.1, 0.15) is 12.3 Å². The van der Waals surface area contributed by atoms with E-state index in [1.54, 1.807) is 12.3 Å². The van der Waals surface area contributed by atoms with Crippen LogP contribution in [0.25, 0.3) is 5.65 Å². The maximum atomic E-state index is 12.3. The number of nitrogens with zero attached hydrogens (tertiary/aromatic N) is 2. The molecule has 28 heavy (non-hydrogen) atoms. The lowest BCUT2D eigenvalue weighted by atomic mass is 10.0. The van der Waals surface area contributed by atoms with Crippen LogP contribution in [0.4, 0.5) is 0 Å². The maximum absolute atomic E-state index is 12.3. The zero-order valence-electron chi connectivity index (χ0n) is 15.7. The van der Waals surface area contributed by atoms with Gasteiger partial charge in [-0.1, -0.05) is 36.4 Å². The quantitative estimate of drug-likeness (QED) is 0.664. The number of carbonyl (C=O) groups excluding carboxylic acids is 2. The van der Waals surface area contributed by atoms with Gasteiger partial charge >= 0.3 is 5.97 Å². The molecule has 0 bridgehead atoms. The smallest absolute Gasteiger partial charge is 0.308 e. The van der Waals surface area contributed by atoms with Crippen LogP contribution < -0.4 is 10.9 Å². The van der Waals surface area contributed by atoms with Gasteiger partial charge in [-0.15, -0.1) is 0 Å². The van der Waals surface area contributed by atoms with Crippen LogP contribution in [-0.4, -0.2) is 21.3 Å². The molecule has 0 saturated heterocycles. The highest BCUT2D eigenvalue weighted by molar-refractivity contribution is 5.76. The predicted molar refractivity (Wildman–Crippen MR) is 104 cm³/mol. The molecule has 3 aromatic rings. The summed E-state index contributed by atoms with van der Waals surface area (Å²) in [5.74, 6) is -0.726. The molecule has 1 atom stereocenters. The van der Waals surface area contributed by atoms with Crippen molar-refractivity contribution >= 4 is 17.5 Å². The molecule has 2 heterocycles. The number of ether oxygens (including phenoxy) is 1. The molecule has 7 nitrogen and oxygen atoms in total. The van der Waals surface area contributed by atoms with Gasteiger partial charge in [0.25, 0.3) is 5.56 Å². The number of amides is 1. The number of esters is 1. The van der Waals surface area contributed by atoms with Crippen molar-refractivity contribution in [1.29, 1.82) is 0 Å². The van der Waals surface area contributed by atoms with Crippen LogP contribution in [0.3, 0.4) is 0 Å². The van der Waals surface area contributed by atoms with Gasteiger partial charge < -0.3 is 10.1 Å². The maximum Gasteiger partial charge on any atom is 0.308 e. The second-order valence-electron chi connectivity index (χ2n) is 6.50. The van der Waals surface area contributed by atoms with Crippen LogP contribution in [0.5, 0.6) is 0 Å². The van der Waals surface area contributed by atoms with E-state index in [0.717, 1.165) is 11.1 Å². The Morgan fingerprint density at radius 3 is 2.64 bits per heavy atom. The van der Waals surface area contributed by atoms with Crippen LogP contribution in [0.1, 0.15) is 36.2 Å². The van der Waals surface area contributed by atoms with Gasteiger partial charge in [0.15, 0.2) is 0 Å². The first kappa shape index (κ1) is 19.3. The number of carbonyl (C=O) groups is 2. The molecule has 144 valence electrons. The van der Waals surface area contributed by atoms with E-state index in [9.17, 15) is 14.4 Å². The van der Waals surface area contributed by atoms with E-state index in [1.807, 2.05) is 43.3 Å². The monoisotopic (exact) mass is 379 g/mol. The van der Waals surface area contributed by atoms with Gasteiger partial charge in [-0.2, -0.15) is 0 Å². The molecule has 1 aromatic carbocycles. The van der Waals surface area contributed by atoms with Crippen molar-refractivity contribution in [3.05, 3.63) is 81.9 Å². The Kier molecular flexibility index (Phi) is 5.84. The summed E-state index contributed by atoms with van der Waals surface area (Å²) in [7, 11) is 0. The lowest BCUT2D eigenvalue weighted by molar-refractivity contribution is -0.145. The summed E-state index contributed by atoms with van der Waals surface area (Å²) in [6, 6.07) is 13.7. The normalized spacial score (nSPS) is 11.8. The van der Waals surface area contributed by atoms with E-state index in [-0.39, 0.29) is 24.5 Å². The lowest BCUT2D eigenvalue weighted by Crippen LogP contribution is -2.28. The summed E-state index contributed by atoms with van der Waals surface area (Å²) in [4.78, 5) is 40.4. The molecule has 0 aliphatic heterocycles. The third-order valence-electron chi connectivity index (χ3n) is 4.27. The Bertz CT molecular complexity index is 1060. The minimum absolute atomic E-state index is 0.0187. The SMILES string of the molecule is CC(=O)N[C@H](CC(=O)OCc1cc(=O)n2cccc(C)c2n1)c1ccccc1. The molecule has 2 aromatic heterocycles. The third kappa shape index (κ3) is 4.62. The molecular weight excluding hydrogens is 358 g/mol. The number of hydrogen-bond acceptors (Lipinski definition) is 5. The highest BCUT2D eigenvalue weighted by Crippen LogP contribution is 2.17. The average Bonchev–Trinajstić information content (AvgIpc) is 2.67. The molecule has 3 rings (SSSR count). The van der Waals surface area contributed by atoms with E-state index >= 15 is 0 Å². The van der Waals surface area contributed by atoms with Crippen molar-refractivity contribution in [3.63, 3.8) is 0 Å². The Morgan fingerprint density at radius 2 is 1.93 bits per heavy atom. The second kappa shape index (κ2) is 8.47. The van der Waals surface area contributed by atoms with Crippen molar-refractivity contribution in [2.24, 2.45) is 0 Å². The van der Waals surface area contributed by atoms with Crippen molar-refractivity contribution in [2.45, 2.75) is 32.9 Å². The number of pyridine rings is 1. The molecule has 0 spiro atoms. The largest absolute Gasteiger partial charge is 0.459 e. The Balaban J connectivity index is 1.71. The number of aromatic nitrogens is 2. The van der Waals surface area contributed by atoms with E-state index in [1.165, 1.54) is 17.4 Å². The number of hydrogen-bond donors (Lipinski definition) is 1. The highest BCUT2D eigenvalue weighted by Gasteiger charge is 2.18.